The smallest absolute Gasteiger partial charge is 0.187 e. The van der Waals surface area contributed by atoms with Gasteiger partial charge in [0.25, 0.3) is 0 Å². The summed E-state index contributed by atoms with van der Waals surface area (Å²) in [6, 6.07) is 0. The zero-order chi connectivity index (χ0) is 30.9. The Balaban J connectivity index is 2.17. The molecule has 0 amide bonds. The fraction of sp³-hybridized carbons (Fsp3) is 1.00. The SMILES string of the molecule is CC(CO)C(OC1OC(CO)C(O)C(OC2OC(CO)C(O)C(O)C2O)C1O)C(O)C(O)C(O)OCCCCCN. The van der Waals surface area contributed by atoms with Gasteiger partial charge in [0.2, 0.25) is 0 Å². The molecule has 0 radical (unpaired) electrons. The van der Waals surface area contributed by atoms with E-state index in [9.17, 15) is 56.2 Å². The van der Waals surface area contributed by atoms with Crippen molar-refractivity contribution in [3.05, 3.63) is 0 Å². The maximum Gasteiger partial charge on any atom is 0.187 e. The Labute approximate surface area is 237 Å². The van der Waals surface area contributed by atoms with Crippen LogP contribution in [0.4, 0.5) is 0 Å². The predicted octanol–water partition coefficient (Wildman–Crippen LogP) is -6.19. The lowest BCUT2D eigenvalue weighted by Crippen LogP contribution is -2.65. The lowest BCUT2D eigenvalue weighted by atomic mass is 9.94. The first kappa shape index (κ1) is 36.5. The van der Waals surface area contributed by atoms with Gasteiger partial charge in [0, 0.05) is 19.1 Å². The van der Waals surface area contributed by atoms with E-state index in [1.54, 1.807) is 0 Å². The van der Waals surface area contributed by atoms with E-state index in [1.807, 2.05) is 0 Å². The maximum absolute atomic E-state index is 11.0. The zero-order valence-electron chi connectivity index (χ0n) is 22.9. The highest BCUT2D eigenvalue weighted by atomic mass is 16.7. The summed E-state index contributed by atoms with van der Waals surface area (Å²) in [5.41, 5.74) is 5.42. The van der Waals surface area contributed by atoms with Gasteiger partial charge in [0.15, 0.2) is 18.9 Å². The van der Waals surface area contributed by atoms with Gasteiger partial charge < -0.3 is 85.6 Å². The van der Waals surface area contributed by atoms with Crippen LogP contribution in [0.3, 0.4) is 0 Å². The first-order chi connectivity index (χ1) is 19.4. The number of nitrogens with two attached hydrogens (primary N) is 1. The summed E-state index contributed by atoms with van der Waals surface area (Å²) in [6.07, 6.45) is -22.3. The van der Waals surface area contributed by atoms with E-state index in [-0.39, 0.29) is 6.61 Å². The first-order valence-electron chi connectivity index (χ1n) is 13.6. The molecule has 2 saturated heterocycles. The molecule has 2 fully saturated rings. The quantitative estimate of drug-likeness (QED) is 0.0542. The van der Waals surface area contributed by atoms with Gasteiger partial charge >= 0.3 is 0 Å². The van der Waals surface area contributed by atoms with Crippen LogP contribution in [-0.4, -0.2) is 175 Å². The minimum absolute atomic E-state index is 0.0590. The minimum Gasteiger partial charge on any atom is -0.396 e. The number of aliphatic hydroxyl groups excluding tert-OH is 11. The Morgan fingerprint density at radius 1 is 0.732 bits per heavy atom. The van der Waals surface area contributed by atoms with Gasteiger partial charge in [-0.25, -0.2) is 0 Å². The number of ether oxygens (including phenoxy) is 5. The molecule has 0 aromatic rings. The number of aliphatic hydroxyl groups is 11. The monoisotopic (exact) mass is 605 g/mol. The van der Waals surface area contributed by atoms with Gasteiger partial charge in [-0.3, -0.25) is 0 Å². The summed E-state index contributed by atoms with van der Waals surface area (Å²) >= 11 is 0. The number of hydrogen-bond acceptors (Lipinski definition) is 17. The molecule has 17 nitrogen and oxygen atoms in total. The van der Waals surface area contributed by atoms with Crippen LogP contribution in [0.25, 0.3) is 0 Å². The first-order valence-corrected chi connectivity index (χ1v) is 13.6. The molecular weight excluding hydrogens is 558 g/mol. The number of rotatable bonds is 17. The van der Waals surface area contributed by atoms with E-state index in [4.69, 9.17) is 29.4 Å². The van der Waals surface area contributed by atoms with Gasteiger partial charge in [-0.2, -0.15) is 0 Å². The topological polar surface area (TPSA) is 295 Å². The second-order valence-corrected chi connectivity index (χ2v) is 10.4. The van der Waals surface area contributed by atoms with Crippen molar-refractivity contribution < 1.29 is 79.9 Å². The summed E-state index contributed by atoms with van der Waals surface area (Å²) in [7, 11) is 0. The Bertz CT molecular complexity index is 723. The highest BCUT2D eigenvalue weighted by molar-refractivity contribution is 4.95. The zero-order valence-corrected chi connectivity index (χ0v) is 22.9. The van der Waals surface area contributed by atoms with E-state index in [1.165, 1.54) is 6.92 Å². The third-order valence-corrected chi connectivity index (χ3v) is 7.22. The van der Waals surface area contributed by atoms with E-state index >= 15 is 0 Å². The van der Waals surface area contributed by atoms with Gasteiger partial charge in [-0.05, 0) is 25.8 Å². The Morgan fingerprint density at radius 3 is 1.93 bits per heavy atom. The van der Waals surface area contributed by atoms with E-state index in [0.29, 0.717) is 13.0 Å². The molecule has 15 atom stereocenters. The molecule has 13 N–H and O–H groups in total. The predicted molar refractivity (Wildman–Crippen MR) is 134 cm³/mol. The van der Waals surface area contributed by atoms with Crippen molar-refractivity contribution >= 4 is 0 Å². The average Bonchev–Trinajstić information content (AvgIpc) is 2.97. The van der Waals surface area contributed by atoms with Crippen molar-refractivity contribution in [3.8, 4) is 0 Å². The van der Waals surface area contributed by atoms with Crippen molar-refractivity contribution in [1.82, 2.24) is 0 Å². The van der Waals surface area contributed by atoms with Crippen molar-refractivity contribution in [1.29, 1.82) is 0 Å². The van der Waals surface area contributed by atoms with Crippen molar-refractivity contribution in [2.75, 3.05) is 33.0 Å². The van der Waals surface area contributed by atoms with E-state index < -0.39 is 112 Å². The third-order valence-electron chi connectivity index (χ3n) is 7.22. The molecule has 41 heavy (non-hydrogen) atoms. The lowest BCUT2D eigenvalue weighted by Gasteiger charge is -2.47. The Morgan fingerprint density at radius 2 is 1.34 bits per heavy atom. The molecule has 0 spiro atoms. The second kappa shape index (κ2) is 17.6. The third kappa shape index (κ3) is 9.40. The summed E-state index contributed by atoms with van der Waals surface area (Å²) in [5, 5.41) is 112. The van der Waals surface area contributed by atoms with Crippen LogP contribution in [0.5, 0.6) is 0 Å². The fourth-order valence-electron chi connectivity index (χ4n) is 4.56. The average molecular weight is 606 g/mol. The molecule has 2 aliphatic heterocycles. The summed E-state index contributed by atoms with van der Waals surface area (Å²) in [6.45, 7) is -0.188. The van der Waals surface area contributed by atoms with Crippen molar-refractivity contribution in [2.24, 2.45) is 11.7 Å². The number of hydrogen-bond donors (Lipinski definition) is 12. The van der Waals surface area contributed by atoms with Crippen molar-refractivity contribution in [2.45, 2.75) is 112 Å². The lowest BCUT2D eigenvalue weighted by molar-refractivity contribution is -0.368. The molecular formula is C24H47NO16. The summed E-state index contributed by atoms with van der Waals surface area (Å²) in [4.78, 5) is 0. The van der Waals surface area contributed by atoms with Crippen LogP contribution in [0.1, 0.15) is 26.2 Å². The van der Waals surface area contributed by atoms with Gasteiger partial charge in [0.05, 0.1) is 19.3 Å². The van der Waals surface area contributed by atoms with Gasteiger partial charge in [-0.15, -0.1) is 0 Å². The van der Waals surface area contributed by atoms with Crippen LogP contribution in [0.15, 0.2) is 0 Å². The van der Waals surface area contributed by atoms with Crippen LogP contribution >= 0.6 is 0 Å². The Kier molecular flexibility index (Phi) is 15.6. The highest BCUT2D eigenvalue weighted by Crippen LogP contribution is 2.31. The number of unbranched alkanes of at least 4 members (excludes halogenated alkanes) is 2. The molecule has 0 aromatic carbocycles. The Hall–Kier alpha value is -0.680. The molecule has 0 saturated carbocycles. The molecule has 2 aliphatic rings. The largest absolute Gasteiger partial charge is 0.396 e. The molecule has 0 aromatic heterocycles. The summed E-state index contributed by atoms with van der Waals surface area (Å²) < 4.78 is 27.1. The maximum atomic E-state index is 11.0. The molecule has 2 heterocycles. The fourth-order valence-corrected chi connectivity index (χ4v) is 4.56. The normalized spacial score (nSPS) is 38.3. The molecule has 17 heteroatoms. The molecule has 2 rings (SSSR count). The standard InChI is InChI=1S/C24H47NO16/c1-10(7-26)20(16(32)17(33)22(36)37-6-4-2-3-5-25)40-24-19(35)21(14(30)12(9-28)39-24)41-23-18(34)15(31)13(29)11(8-27)38-23/h10-24,26-36H,2-9,25H2,1H3. The van der Waals surface area contributed by atoms with E-state index in [2.05, 4.69) is 0 Å². The van der Waals surface area contributed by atoms with Crippen LogP contribution in [0.2, 0.25) is 0 Å². The van der Waals surface area contributed by atoms with Crippen LogP contribution in [0, 0.1) is 5.92 Å². The van der Waals surface area contributed by atoms with Gasteiger partial charge in [0.1, 0.15) is 61.0 Å². The highest BCUT2D eigenvalue weighted by Gasteiger charge is 2.52. The van der Waals surface area contributed by atoms with Crippen LogP contribution in [-0.2, 0) is 23.7 Å². The molecule has 244 valence electrons. The van der Waals surface area contributed by atoms with Gasteiger partial charge in [-0.1, -0.05) is 6.92 Å². The van der Waals surface area contributed by atoms with Crippen LogP contribution < -0.4 is 5.73 Å². The molecule has 0 bridgehead atoms. The second-order valence-electron chi connectivity index (χ2n) is 10.4. The van der Waals surface area contributed by atoms with E-state index in [0.717, 1.165) is 12.8 Å². The van der Waals surface area contributed by atoms with Crippen molar-refractivity contribution in [3.63, 3.8) is 0 Å². The summed E-state index contributed by atoms with van der Waals surface area (Å²) in [5.74, 6) is -0.920. The molecule has 0 aliphatic carbocycles. The minimum atomic E-state index is -1.93. The molecule has 15 unspecified atom stereocenters.